The third kappa shape index (κ3) is 4.48. The van der Waals surface area contributed by atoms with Crippen LogP contribution in [0.3, 0.4) is 0 Å². The number of aromatic amines is 1. The van der Waals surface area contributed by atoms with Crippen molar-refractivity contribution in [3.63, 3.8) is 0 Å². The fraction of sp³-hybridized carbons (Fsp3) is 0.381. The lowest BCUT2D eigenvalue weighted by Gasteiger charge is -2.18. The van der Waals surface area contributed by atoms with Gasteiger partial charge in [-0.15, -0.1) is 0 Å². The summed E-state index contributed by atoms with van der Waals surface area (Å²) in [6.45, 7) is 7.70. The van der Waals surface area contributed by atoms with Gasteiger partial charge >= 0.3 is 0 Å². The van der Waals surface area contributed by atoms with Crippen molar-refractivity contribution in [2.75, 3.05) is 11.9 Å². The van der Waals surface area contributed by atoms with Gasteiger partial charge in [0, 0.05) is 35.2 Å². The minimum absolute atomic E-state index is 0.0797. The van der Waals surface area contributed by atoms with Crippen molar-refractivity contribution in [3.05, 3.63) is 35.5 Å². The molecule has 8 nitrogen and oxygen atoms in total. The summed E-state index contributed by atoms with van der Waals surface area (Å²) in [6.07, 6.45) is 1.98. The molecule has 0 fully saturated rings. The van der Waals surface area contributed by atoms with Gasteiger partial charge in [-0.1, -0.05) is 0 Å². The van der Waals surface area contributed by atoms with Gasteiger partial charge in [0.2, 0.25) is 5.91 Å². The minimum Gasteiger partial charge on any atom is -0.390 e. The number of hydrogen-bond acceptors (Lipinski definition) is 5. The molecule has 154 valence electrons. The molecule has 2 amide bonds. The Hall–Kier alpha value is -3.13. The van der Waals surface area contributed by atoms with E-state index >= 15 is 0 Å². The summed E-state index contributed by atoms with van der Waals surface area (Å²) < 4.78 is 0. The number of benzene rings is 1. The molecule has 3 rings (SSSR count). The number of nitrogens with two attached hydrogens (primary N) is 1. The predicted molar refractivity (Wildman–Crippen MR) is 114 cm³/mol. The predicted octanol–water partition coefficient (Wildman–Crippen LogP) is 2.53. The maximum atomic E-state index is 12.8. The van der Waals surface area contributed by atoms with Crippen LogP contribution in [-0.4, -0.2) is 45.1 Å². The number of fused-ring (bicyclic) bond motifs is 3. The summed E-state index contributed by atoms with van der Waals surface area (Å²) >= 11 is 0. The highest BCUT2D eigenvalue weighted by Crippen LogP contribution is 2.32. The number of aliphatic hydroxyl groups is 1. The highest BCUT2D eigenvalue weighted by Gasteiger charge is 2.20. The molecule has 0 spiro atoms. The molecular weight excluding hydrogens is 370 g/mol. The average molecular weight is 397 g/mol. The van der Waals surface area contributed by atoms with E-state index in [9.17, 15) is 14.7 Å². The number of aromatic nitrogens is 2. The SMILES string of the molecule is CC(C)Nc1c(C(=O)NCCC(C)(C)O)cnc2c1[nH]c1cc(C(N)=O)ccc12. The summed E-state index contributed by atoms with van der Waals surface area (Å²) in [7, 11) is 0. The molecule has 0 bridgehead atoms. The van der Waals surface area contributed by atoms with E-state index in [0.29, 0.717) is 40.8 Å². The molecule has 6 N–H and O–H groups in total. The second kappa shape index (κ2) is 7.71. The number of carbonyl (C=O) groups excluding carboxylic acids is 2. The molecule has 0 aliphatic carbocycles. The Labute approximate surface area is 168 Å². The maximum absolute atomic E-state index is 12.8. The fourth-order valence-electron chi connectivity index (χ4n) is 3.17. The lowest BCUT2D eigenvalue weighted by Crippen LogP contribution is -2.31. The molecule has 3 aromatic rings. The molecule has 1 aromatic carbocycles. The van der Waals surface area contributed by atoms with Crippen molar-refractivity contribution in [2.24, 2.45) is 5.73 Å². The maximum Gasteiger partial charge on any atom is 0.255 e. The van der Waals surface area contributed by atoms with Gasteiger partial charge in [-0.05, 0) is 52.3 Å². The molecule has 29 heavy (non-hydrogen) atoms. The number of nitrogens with zero attached hydrogens (tertiary/aromatic N) is 1. The van der Waals surface area contributed by atoms with Crippen LogP contribution in [0, 0.1) is 0 Å². The molecule has 2 aromatic heterocycles. The van der Waals surface area contributed by atoms with Gasteiger partial charge in [0.15, 0.2) is 0 Å². The summed E-state index contributed by atoms with van der Waals surface area (Å²) in [5, 5.41) is 16.8. The van der Waals surface area contributed by atoms with Gasteiger partial charge in [0.25, 0.3) is 5.91 Å². The normalized spacial score (nSPS) is 11.9. The molecular formula is C21H27N5O3. The van der Waals surface area contributed by atoms with Crippen molar-refractivity contribution >= 4 is 39.4 Å². The molecule has 0 atom stereocenters. The lowest BCUT2D eigenvalue weighted by molar-refractivity contribution is 0.0693. The molecule has 2 heterocycles. The summed E-state index contributed by atoms with van der Waals surface area (Å²) in [5.41, 5.74) is 8.07. The molecule has 0 saturated heterocycles. The average Bonchev–Trinajstić information content (AvgIpc) is 2.98. The number of amides is 2. The van der Waals surface area contributed by atoms with Gasteiger partial charge < -0.3 is 26.5 Å². The quantitative estimate of drug-likeness (QED) is 0.418. The summed E-state index contributed by atoms with van der Waals surface area (Å²) in [4.78, 5) is 32.0. The number of primary amides is 1. The van der Waals surface area contributed by atoms with Crippen LogP contribution in [0.4, 0.5) is 5.69 Å². The Morgan fingerprint density at radius 3 is 2.66 bits per heavy atom. The molecule has 0 unspecified atom stereocenters. The van der Waals surface area contributed by atoms with E-state index < -0.39 is 11.5 Å². The number of H-pyrrole nitrogens is 1. The zero-order chi connectivity index (χ0) is 21.3. The van der Waals surface area contributed by atoms with Crippen LogP contribution in [0.1, 0.15) is 54.8 Å². The van der Waals surface area contributed by atoms with E-state index in [4.69, 9.17) is 5.73 Å². The van der Waals surface area contributed by atoms with Crippen molar-refractivity contribution in [2.45, 2.75) is 45.8 Å². The van der Waals surface area contributed by atoms with Crippen LogP contribution in [0.2, 0.25) is 0 Å². The van der Waals surface area contributed by atoms with Crippen LogP contribution >= 0.6 is 0 Å². The third-order valence-corrected chi connectivity index (χ3v) is 4.60. The first-order valence-electron chi connectivity index (χ1n) is 9.58. The van der Waals surface area contributed by atoms with Crippen molar-refractivity contribution < 1.29 is 14.7 Å². The first kappa shape index (κ1) is 20.6. The molecule has 0 saturated carbocycles. The van der Waals surface area contributed by atoms with Crippen molar-refractivity contribution in [1.82, 2.24) is 15.3 Å². The lowest BCUT2D eigenvalue weighted by atomic mass is 10.1. The molecule has 0 aliphatic rings. The first-order chi connectivity index (χ1) is 13.6. The molecule has 0 radical (unpaired) electrons. The Morgan fingerprint density at radius 1 is 1.31 bits per heavy atom. The number of carbonyl (C=O) groups is 2. The second-order valence-electron chi connectivity index (χ2n) is 8.14. The van der Waals surface area contributed by atoms with E-state index in [1.54, 1.807) is 38.2 Å². The second-order valence-corrected chi connectivity index (χ2v) is 8.14. The van der Waals surface area contributed by atoms with E-state index in [1.807, 2.05) is 13.8 Å². The summed E-state index contributed by atoms with van der Waals surface area (Å²) in [6, 6.07) is 5.22. The van der Waals surface area contributed by atoms with E-state index in [0.717, 1.165) is 10.9 Å². The number of rotatable bonds is 7. The highest BCUT2D eigenvalue weighted by atomic mass is 16.3. The van der Waals surface area contributed by atoms with Gasteiger partial charge in [-0.3, -0.25) is 14.6 Å². The largest absolute Gasteiger partial charge is 0.390 e. The molecule has 0 aliphatic heterocycles. The van der Waals surface area contributed by atoms with Crippen LogP contribution in [-0.2, 0) is 0 Å². The zero-order valence-corrected chi connectivity index (χ0v) is 17.1. The number of pyridine rings is 1. The van der Waals surface area contributed by atoms with Gasteiger partial charge in [-0.25, -0.2) is 0 Å². The standard InChI is InChI=1S/C21H27N5O3/c1-11(2)25-17-14(20(28)23-8-7-21(3,4)29)10-24-16-13-6-5-12(19(22)27)9-15(13)26-18(16)17/h5-6,9-11,26,29H,7-8H2,1-4H3,(H2,22,27)(H,23,28)(H,24,25). The Kier molecular flexibility index (Phi) is 5.48. The van der Waals surface area contributed by atoms with Crippen molar-refractivity contribution in [3.8, 4) is 0 Å². The van der Waals surface area contributed by atoms with E-state index in [-0.39, 0.29) is 11.9 Å². The van der Waals surface area contributed by atoms with Gasteiger partial charge in [-0.2, -0.15) is 0 Å². The number of nitrogens with one attached hydrogen (secondary N) is 3. The third-order valence-electron chi connectivity index (χ3n) is 4.60. The highest BCUT2D eigenvalue weighted by molar-refractivity contribution is 6.14. The Bertz CT molecular complexity index is 1080. The topological polar surface area (TPSA) is 133 Å². The summed E-state index contributed by atoms with van der Waals surface area (Å²) in [5.74, 6) is -0.783. The zero-order valence-electron chi connectivity index (χ0n) is 17.1. The van der Waals surface area contributed by atoms with Crippen LogP contribution < -0.4 is 16.4 Å². The van der Waals surface area contributed by atoms with E-state index in [2.05, 4.69) is 20.6 Å². The van der Waals surface area contributed by atoms with Gasteiger partial charge in [0.05, 0.1) is 27.9 Å². The fourth-order valence-corrected chi connectivity index (χ4v) is 3.17. The van der Waals surface area contributed by atoms with Crippen LogP contribution in [0.15, 0.2) is 24.4 Å². The Balaban J connectivity index is 2.06. The van der Waals surface area contributed by atoms with Crippen LogP contribution in [0.5, 0.6) is 0 Å². The smallest absolute Gasteiger partial charge is 0.255 e. The monoisotopic (exact) mass is 397 g/mol. The first-order valence-corrected chi connectivity index (χ1v) is 9.58. The van der Waals surface area contributed by atoms with Crippen LogP contribution in [0.25, 0.3) is 21.9 Å². The van der Waals surface area contributed by atoms with E-state index in [1.165, 1.54) is 0 Å². The number of hydrogen-bond donors (Lipinski definition) is 5. The number of anilines is 1. The molecule has 8 heteroatoms. The van der Waals surface area contributed by atoms with Crippen molar-refractivity contribution in [1.29, 1.82) is 0 Å². The van der Waals surface area contributed by atoms with Gasteiger partial charge in [0.1, 0.15) is 0 Å². The minimum atomic E-state index is -0.857. The Morgan fingerprint density at radius 2 is 2.03 bits per heavy atom.